The summed E-state index contributed by atoms with van der Waals surface area (Å²) < 4.78 is 5.64. The third-order valence-corrected chi connectivity index (χ3v) is 3.33. The Bertz CT molecular complexity index is 351. The van der Waals surface area contributed by atoms with Gasteiger partial charge in [0.2, 0.25) is 5.91 Å². The summed E-state index contributed by atoms with van der Waals surface area (Å²) in [5.41, 5.74) is 5.09. The number of amides is 1. The second-order valence-corrected chi connectivity index (χ2v) is 5.21. The van der Waals surface area contributed by atoms with E-state index >= 15 is 0 Å². The number of nitrogens with two attached hydrogens (primary N) is 1. The van der Waals surface area contributed by atoms with Crippen LogP contribution in [0.3, 0.4) is 0 Å². The molecule has 3 heteroatoms. The predicted octanol–water partition coefficient (Wildman–Crippen LogP) is 4.06. The van der Waals surface area contributed by atoms with E-state index in [0.29, 0.717) is 6.42 Å². The summed E-state index contributed by atoms with van der Waals surface area (Å²) in [6, 6.07) is 9.97. The van der Waals surface area contributed by atoms with Crippen molar-refractivity contribution in [3.8, 4) is 5.75 Å². The Hall–Kier alpha value is -1.51. The number of unbranched alkanes of at least 4 members (excludes halogenated alkanes) is 7. The molecule has 1 rings (SSSR count). The molecular formula is C17H27NO2. The summed E-state index contributed by atoms with van der Waals surface area (Å²) in [7, 11) is 0. The van der Waals surface area contributed by atoms with Gasteiger partial charge in [0.1, 0.15) is 5.75 Å². The lowest BCUT2D eigenvalue weighted by Crippen LogP contribution is -2.09. The molecule has 0 atom stereocenters. The van der Waals surface area contributed by atoms with Crippen molar-refractivity contribution >= 4 is 5.91 Å². The van der Waals surface area contributed by atoms with Gasteiger partial charge in [-0.2, -0.15) is 0 Å². The first-order chi connectivity index (χ1) is 9.79. The van der Waals surface area contributed by atoms with Gasteiger partial charge in [0.25, 0.3) is 0 Å². The molecule has 2 N–H and O–H groups in total. The van der Waals surface area contributed by atoms with E-state index in [1.165, 1.54) is 32.1 Å². The minimum absolute atomic E-state index is 0.177. The molecule has 0 spiro atoms. The lowest BCUT2D eigenvalue weighted by atomic mass is 10.1. The smallest absolute Gasteiger partial charge is 0.217 e. The number of rotatable bonds is 12. The molecule has 112 valence electrons. The Morgan fingerprint density at radius 1 is 0.850 bits per heavy atom. The first kappa shape index (κ1) is 16.5. The molecule has 1 aromatic carbocycles. The van der Waals surface area contributed by atoms with Crippen molar-refractivity contribution < 1.29 is 9.53 Å². The quantitative estimate of drug-likeness (QED) is 0.586. The molecule has 1 aromatic rings. The highest BCUT2D eigenvalue weighted by atomic mass is 16.5. The normalized spacial score (nSPS) is 10.4. The van der Waals surface area contributed by atoms with E-state index in [0.717, 1.165) is 31.6 Å². The van der Waals surface area contributed by atoms with Crippen molar-refractivity contribution in [3.63, 3.8) is 0 Å². The second-order valence-electron chi connectivity index (χ2n) is 5.21. The predicted molar refractivity (Wildman–Crippen MR) is 82.7 cm³/mol. The number of ether oxygens (including phenoxy) is 1. The number of hydrogen-bond donors (Lipinski definition) is 1. The maximum absolute atomic E-state index is 10.5. The topological polar surface area (TPSA) is 52.3 Å². The minimum Gasteiger partial charge on any atom is -0.494 e. The van der Waals surface area contributed by atoms with E-state index in [2.05, 4.69) is 0 Å². The fourth-order valence-electron chi connectivity index (χ4n) is 2.17. The Morgan fingerprint density at radius 3 is 2.00 bits per heavy atom. The van der Waals surface area contributed by atoms with Crippen molar-refractivity contribution in [2.24, 2.45) is 5.73 Å². The van der Waals surface area contributed by atoms with Crippen LogP contribution in [0.5, 0.6) is 5.75 Å². The van der Waals surface area contributed by atoms with E-state index in [-0.39, 0.29) is 5.91 Å². The van der Waals surface area contributed by atoms with Crippen LogP contribution < -0.4 is 10.5 Å². The third-order valence-electron chi connectivity index (χ3n) is 3.33. The summed E-state index contributed by atoms with van der Waals surface area (Å²) in [5.74, 6) is 0.783. The SMILES string of the molecule is NC(=O)CCCCCCCCCCOc1ccccc1. The van der Waals surface area contributed by atoms with Gasteiger partial charge in [-0.1, -0.05) is 56.7 Å². The molecule has 0 radical (unpaired) electrons. The van der Waals surface area contributed by atoms with Crippen molar-refractivity contribution in [1.29, 1.82) is 0 Å². The van der Waals surface area contributed by atoms with Crippen molar-refractivity contribution in [2.45, 2.75) is 57.8 Å². The van der Waals surface area contributed by atoms with Crippen LogP contribution in [-0.2, 0) is 4.79 Å². The highest BCUT2D eigenvalue weighted by molar-refractivity contribution is 5.73. The van der Waals surface area contributed by atoms with Crippen LogP contribution in [0.1, 0.15) is 57.8 Å². The lowest BCUT2D eigenvalue weighted by molar-refractivity contribution is -0.118. The molecule has 0 aromatic heterocycles. The highest BCUT2D eigenvalue weighted by Gasteiger charge is 1.96. The Morgan fingerprint density at radius 2 is 1.40 bits per heavy atom. The molecule has 0 heterocycles. The van der Waals surface area contributed by atoms with Crippen LogP contribution in [-0.4, -0.2) is 12.5 Å². The van der Waals surface area contributed by atoms with Gasteiger partial charge >= 0.3 is 0 Å². The maximum Gasteiger partial charge on any atom is 0.217 e. The molecule has 0 aliphatic carbocycles. The van der Waals surface area contributed by atoms with Gasteiger partial charge in [-0.3, -0.25) is 4.79 Å². The van der Waals surface area contributed by atoms with Gasteiger partial charge in [0.05, 0.1) is 6.61 Å². The van der Waals surface area contributed by atoms with Crippen molar-refractivity contribution in [3.05, 3.63) is 30.3 Å². The Kier molecular flexibility index (Phi) is 9.37. The molecule has 0 aliphatic heterocycles. The first-order valence-corrected chi connectivity index (χ1v) is 7.75. The molecule has 3 nitrogen and oxygen atoms in total. The van der Waals surface area contributed by atoms with Crippen LogP contribution in [0, 0.1) is 0 Å². The van der Waals surface area contributed by atoms with Gasteiger partial charge in [-0.05, 0) is 25.0 Å². The largest absolute Gasteiger partial charge is 0.494 e. The third kappa shape index (κ3) is 9.42. The molecule has 0 bridgehead atoms. The van der Waals surface area contributed by atoms with Crippen molar-refractivity contribution in [2.75, 3.05) is 6.61 Å². The lowest BCUT2D eigenvalue weighted by Gasteiger charge is -2.05. The summed E-state index contributed by atoms with van der Waals surface area (Å²) in [6.45, 7) is 0.808. The first-order valence-electron chi connectivity index (χ1n) is 7.75. The van der Waals surface area contributed by atoms with Crippen LogP contribution in [0.15, 0.2) is 30.3 Å². The fraction of sp³-hybridized carbons (Fsp3) is 0.588. The Labute approximate surface area is 122 Å². The molecule has 0 aliphatic rings. The molecule has 0 fully saturated rings. The molecule has 1 amide bonds. The van der Waals surface area contributed by atoms with E-state index < -0.39 is 0 Å². The van der Waals surface area contributed by atoms with Crippen LogP contribution in [0.4, 0.5) is 0 Å². The number of carbonyl (C=O) groups excluding carboxylic acids is 1. The van der Waals surface area contributed by atoms with E-state index in [9.17, 15) is 4.79 Å². The van der Waals surface area contributed by atoms with E-state index in [4.69, 9.17) is 10.5 Å². The van der Waals surface area contributed by atoms with Crippen molar-refractivity contribution in [1.82, 2.24) is 0 Å². The monoisotopic (exact) mass is 277 g/mol. The zero-order chi connectivity index (χ0) is 14.5. The number of benzene rings is 1. The molecule has 0 saturated heterocycles. The van der Waals surface area contributed by atoms with Gasteiger partial charge in [0.15, 0.2) is 0 Å². The average molecular weight is 277 g/mol. The summed E-state index contributed by atoms with van der Waals surface area (Å²) in [6.07, 6.45) is 9.99. The fourth-order valence-corrected chi connectivity index (χ4v) is 2.17. The zero-order valence-electron chi connectivity index (χ0n) is 12.4. The zero-order valence-corrected chi connectivity index (χ0v) is 12.4. The minimum atomic E-state index is -0.177. The number of carbonyl (C=O) groups is 1. The van der Waals surface area contributed by atoms with Gasteiger partial charge in [-0.15, -0.1) is 0 Å². The highest BCUT2D eigenvalue weighted by Crippen LogP contribution is 2.11. The van der Waals surface area contributed by atoms with Gasteiger partial charge in [0, 0.05) is 6.42 Å². The van der Waals surface area contributed by atoms with Crippen LogP contribution in [0.25, 0.3) is 0 Å². The molecule has 0 saturated carbocycles. The molecular weight excluding hydrogens is 250 g/mol. The molecule has 20 heavy (non-hydrogen) atoms. The number of para-hydroxylation sites is 1. The van der Waals surface area contributed by atoms with Gasteiger partial charge in [-0.25, -0.2) is 0 Å². The summed E-state index contributed by atoms with van der Waals surface area (Å²) in [4.78, 5) is 10.5. The second kappa shape index (κ2) is 11.3. The van der Waals surface area contributed by atoms with E-state index in [1.54, 1.807) is 0 Å². The van der Waals surface area contributed by atoms with Gasteiger partial charge < -0.3 is 10.5 Å². The average Bonchev–Trinajstić information content (AvgIpc) is 2.45. The maximum atomic E-state index is 10.5. The summed E-state index contributed by atoms with van der Waals surface area (Å²) in [5, 5.41) is 0. The van der Waals surface area contributed by atoms with E-state index in [1.807, 2.05) is 30.3 Å². The number of hydrogen-bond acceptors (Lipinski definition) is 2. The molecule has 0 unspecified atom stereocenters. The van der Waals surface area contributed by atoms with Crippen LogP contribution in [0.2, 0.25) is 0 Å². The Balaban J connectivity index is 1.80. The number of primary amides is 1. The van der Waals surface area contributed by atoms with Crippen LogP contribution >= 0.6 is 0 Å². The standard InChI is InChI=1S/C17H27NO2/c18-17(19)14-10-5-3-1-2-4-6-11-15-20-16-12-8-7-9-13-16/h7-9,12-13H,1-6,10-11,14-15H2,(H2,18,19). The summed E-state index contributed by atoms with van der Waals surface area (Å²) >= 11 is 0.